The van der Waals surface area contributed by atoms with Gasteiger partial charge in [0.05, 0.1) is 36.8 Å². The maximum Gasteiger partial charge on any atom is 0.224 e. The highest BCUT2D eigenvalue weighted by Crippen LogP contribution is 2.39. The highest BCUT2D eigenvalue weighted by molar-refractivity contribution is 7.99. The molecule has 4 aromatic carbocycles. The largest absolute Gasteiger partial charge is 0.397 e. The molecule has 264 valence electrons. The SMILES string of the molecule is Nc1ccccc1NC(=O)CCCCCC(=O)NCc1cccc(-c2ccc([C@@H]3O[C@H](CSCCO)C[C@H](c4ccc(CO)cc4)O3)cc2)c1. The van der Waals surface area contributed by atoms with Crippen LogP contribution in [0.25, 0.3) is 11.1 Å². The molecule has 5 rings (SSSR count). The minimum Gasteiger partial charge on any atom is -0.397 e. The highest BCUT2D eigenvalue weighted by Gasteiger charge is 2.32. The zero-order valence-corrected chi connectivity index (χ0v) is 29.1. The van der Waals surface area contributed by atoms with E-state index in [9.17, 15) is 19.8 Å². The van der Waals surface area contributed by atoms with Gasteiger partial charge in [-0.1, -0.05) is 85.3 Å². The summed E-state index contributed by atoms with van der Waals surface area (Å²) >= 11 is 1.67. The Balaban J connectivity index is 1.10. The molecule has 0 aliphatic carbocycles. The van der Waals surface area contributed by atoms with Crippen LogP contribution in [-0.4, -0.2) is 46.2 Å². The van der Waals surface area contributed by atoms with E-state index in [0.29, 0.717) is 55.8 Å². The molecule has 0 spiro atoms. The lowest BCUT2D eigenvalue weighted by Crippen LogP contribution is -2.31. The highest BCUT2D eigenvalue weighted by atomic mass is 32.2. The minimum atomic E-state index is -0.535. The topological polar surface area (TPSA) is 143 Å². The predicted octanol–water partition coefficient (Wildman–Crippen LogP) is 6.90. The maximum absolute atomic E-state index is 12.5. The van der Waals surface area contributed by atoms with Crippen molar-refractivity contribution in [2.75, 3.05) is 29.2 Å². The number of anilines is 2. The van der Waals surface area contributed by atoms with Crippen LogP contribution in [0.4, 0.5) is 11.4 Å². The average Bonchev–Trinajstić information content (AvgIpc) is 3.15. The molecule has 3 atom stereocenters. The summed E-state index contributed by atoms with van der Waals surface area (Å²) in [6.45, 7) is 0.568. The normalized spacial score (nSPS) is 17.3. The summed E-state index contributed by atoms with van der Waals surface area (Å²) in [6.07, 6.45) is 2.99. The molecule has 0 aromatic heterocycles. The molecule has 0 saturated carbocycles. The molecular weight excluding hydrogens is 651 g/mol. The Hall–Kier alpha value is -4.19. The lowest BCUT2D eigenvalue weighted by molar-refractivity contribution is -0.245. The second-order valence-corrected chi connectivity index (χ2v) is 13.6. The number of hydrogen-bond donors (Lipinski definition) is 5. The van der Waals surface area contributed by atoms with Crippen molar-refractivity contribution in [3.05, 3.63) is 119 Å². The van der Waals surface area contributed by atoms with Gasteiger partial charge in [0.15, 0.2) is 6.29 Å². The molecule has 10 heteroatoms. The van der Waals surface area contributed by atoms with E-state index in [-0.39, 0.29) is 37.2 Å². The number of ether oxygens (including phenoxy) is 2. The summed E-state index contributed by atoms with van der Waals surface area (Å²) in [5.74, 6) is 1.33. The van der Waals surface area contributed by atoms with Crippen LogP contribution in [0, 0.1) is 0 Å². The zero-order valence-electron chi connectivity index (χ0n) is 28.3. The first-order valence-corrected chi connectivity index (χ1v) is 18.4. The number of nitrogen functional groups attached to an aromatic ring is 1. The fourth-order valence-electron chi connectivity index (χ4n) is 5.86. The van der Waals surface area contributed by atoms with Crippen molar-refractivity contribution in [2.45, 2.75) is 70.2 Å². The van der Waals surface area contributed by atoms with Gasteiger partial charge in [-0.25, -0.2) is 0 Å². The van der Waals surface area contributed by atoms with E-state index in [1.807, 2.05) is 60.7 Å². The standard InChI is InChI=1S/C40H47N3O6S/c41-35-9-4-5-10-36(35)43-39(47)12-3-1-2-11-38(46)42-25-29-7-6-8-33(23-29)30-17-19-32(20-18-30)40-48-34(27-50-22-21-44)24-37(49-40)31-15-13-28(26-45)14-16-31/h4-10,13-20,23,34,37,40,44-45H,1-3,11-12,21-22,24-27,41H2,(H,42,46)(H,43,47)/t34-,37+,40+/m0/s1. The number of nitrogens with one attached hydrogen (secondary N) is 2. The first kappa shape index (κ1) is 37.1. The number of aliphatic hydroxyl groups excluding tert-OH is 2. The summed E-state index contributed by atoms with van der Waals surface area (Å²) in [5, 5.41) is 24.6. The Labute approximate surface area is 298 Å². The molecule has 1 fully saturated rings. The number of carbonyl (C=O) groups excluding carboxylic acids is 2. The second-order valence-electron chi connectivity index (χ2n) is 12.4. The van der Waals surface area contributed by atoms with Crippen LogP contribution in [0.5, 0.6) is 0 Å². The van der Waals surface area contributed by atoms with Crippen molar-refractivity contribution in [3.63, 3.8) is 0 Å². The Kier molecular flexibility index (Phi) is 14.3. The van der Waals surface area contributed by atoms with E-state index >= 15 is 0 Å². The third kappa shape index (κ3) is 11.2. The van der Waals surface area contributed by atoms with Gasteiger partial charge >= 0.3 is 0 Å². The number of aliphatic hydroxyl groups is 2. The fraction of sp³-hybridized carbons (Fsp3) is 0.350. The van der Waals surface area contributed by atoms with E-state index in [2.05, 4.69) is 34.9 Å². The molecule has 1 heterocycles. The number of rotatable bonds is 17. The number of unbranched alkanes of at least 4 members (excludes halogenated alkanes) is 2. The van der Waals surface area contributed by atoms with Crippen LogP contribution >= 0.6 is 11.8 Å². The summed E-state index contributed by atoms with van der Waals surface area (Å²) in [5.41, 5.74) is 13.0. The molecular formula is C40H47N3O6S. The molecule has 0 unspecified atom stereocenters. The van der Waals surface area contributed by atoms with E-state index in [4.69, 9.17) is 15.2 Å². The van der Waals surface area contributed by atoms with E-state index < -0.39 is 6.29 Å². The lowest BCUT2D eigenvalue weighted by atomic mass is 9.99. The Morgan fingerprint density at radius 3 is 2.26 bits per heavy atom. The lowest BCUT2D eigenvalue weighted by Gasteiger charge is -2.36. The smallest absolute Gasteiger partial charge is 0.224 e. The van der Waals surface area contributed by atoms with Crippen molar-refractivity contribution in [2.24, 2.45) is 0 Å². The van der Waals surface area contributed by atoms with E-state index in [1.54, 1.807) is 23.9 Å². The number of hydrogen-bond acceptors (Lipinski definition) is 8. The minimum absolute atomic E-state index is 0.00118. The maximum atomic E-state index is 12.5. The van der Waals surface area contributed by atoms with Crippen molar-refractivity contribution in [1.82, 2.24) is 5.32 Å². The third-order valence-electron chi connectivity index (χ3n) is 8.63. The molecule has 9 nitrogen and oxygen atoms in total. The summed E-state index contributed by atoms with van der Waals surface area (Å²) in [4.78, 5) is 24.7. The van der Waals surface area contributed by atoms with Crippen molar-refractivity contribution in [3.8, 4) is 11.1 Å². The summed E-state index contributed by atoms with van der Waals surface area (Å²) in [7, 11) is 0. The molecule has 50 heavy (non-hydrogen) atoms. The van der Waals surface area contributed by atoms with Crippen LogP contribution < -0.4 is 16.4 Å². The first-order valence-electron chi connectivity index (χ1n) is 17.2. The molecule has 2 amide bonds. The molecule has 0 bridgehead atoms. The fourth-order valence-corrected chi connectivity index (χ4v) is 6.63. The van der Waals surface area contributed by atoms with Crippen LogP contribution in [0.2, 0.25) is 0 Å². The molecule has 4 aromatic rings. The van der Waals surface area contributed by atoms with Gasteiger partial charge in [-0.15, -0.1) is 0 Å². The third-order valence-corrected chi connectivity index (χ3v) is 9.71. The van der Waals surface area contributed by atoms with E-state index in [1.165, 1.54) is 0 Å². The van der Waals surface area contributed by atoms with Gasteiger partial charge < -0.3 is 36.1 Å². The first-order chi connectivity index (χ1) is 24.4. The zero-order chi connectivity index (χ0) is 35.1. The number of thioether (sulfide) groups is 1. The Bertz CT molecular complexity index is 1670. The number of benzene rings is 4. The summed E-state index contributed by atoms with van der Waals surface area (Å²) < 4.78 is 12.8. The molecule has 1 aliphatic heterocycles. The number of nitrogens with two attached hydrogens (primary N) is 1. The van der Waals surface area contributed by atoms with Crippen molar-refractivity contribution in [1.29, 1.82) is 0 Å². The van der Waals surface area contributed by atoms with Crippen LogP contribution in [-0.2, 0) is 32.2 Å². The second kappa shape index (κ2) is 19.3. The van der Waals surface area contributed by atoms with Gasteiger partial charge in [0.25, 0.3) is 0 Å². The van der Waals surface area contributed by atoms with Gasteiger partial charge in [-0.05, 0) is 58.9 Å². The van der Waals surface area contributed by atoms with Crippen LogP contribution in [0.3, 0.4) is 0 Å². The molecule has 1 aliphatic rings. The predicted molar refractivity (Wildman–Crippen MR) is 199 cm³/mol. The monoisotopic (exact) mass is 697 g/mol. The van der Waals surface area contributed by atoms with Gasteiger partial charge in [0.1, 0.15) is 0 Å². The van der Waals surface area contributed by atoms with Crippen LogP contribution in [0.15, 0.2) is 97.1 Å². The van der Waals surface area contributed by atoms with E-state index in [0.717, 1.165) is 45.6 Å². The number of amides is 2. The Morgan fingerprint density at radius 1 is 0.780 bits per heavy atom. The van der Waals surface area contributed by atoms with Gasteiger partial charge in [-0.2, -0.15) is 11.8 Å². The molecule has 1 saturated heterocycles. The van der Waals surface area contributed by atoms with Gasteiger partial charge in [-0.3, -0.25) is 9.59 Å². The van der Waals surface area contributed by atoms with Gasteiger partial charge in [0.2, 0.25) is 11.8 Å². The van der Waals surface area contributed by atoms with Crippen molar-refractivity contribution < 1.29 is 29.3 Å². The average molecular weight is 698 g/mol. The molecule has 0 radical (unpaired) electrons. The Morgan fingerprint density at radius 2 is 1.52 bits per heavy atom. The van der Waals surface area contributed by atoms with Gasteiger partial charge in [0, 0.05) is 42.9 Å². The molecule has 6 N–H and O–H groups in total. The van der Waals surface area contributed by atoms with Crippen LogP contribution in [0.1, 0.15) is 73.2 Å². The van der Waals surface area contributed by atoms with Crippen molar-refractivity contribution >= 4 is 35.0 Å². The quantitative estimate of drug-likeness (QED) is 0.0592. The number of carbonyl (C=O) groups is 2. The number of para-hydroxylation sites is 2. The summed E-state index contributed by atoms with van der Waals surface area (Å²) in [6, 6.07) is 31.3.